The van der Waals surface area contributed by atoms with Gasteiger partial charge in [0, 0.05) is 41.4 Å². The number of aromatic nitrogens is 5. The van der Waals surface area contributed by atoms with Crippen molar-refractivity contribution >= 4 is 11.8 Å². The van der Waals surface area contributed by atoms with Gasteiger partial charge in [0.05, 0.1) is 12.0 Å². The van der Waals surface area contributed by atoms with Crippen LogP contribution in [0.2, 0.25) is 0 Å². The molecule has 1 fully saturated rings. The number of aliphatic hydroxyl groups is 1. The second-order valence-corrected chi connectivity index (χ2v) is 10.2. The molecule has 1 aromatic carbocycles. The van der Waals surface area contributed by atoms with Crippen molar-refractivity contribution in [2.75, 3.05) is 12.4 Å². The van der Waals surface area contributed by atoms with Gasteiger partial charge in [0.15, 0.2) is 5.82 Å². The number of aliphatic hydroxyl groups excluding tert-OH is 1. The van der Waals surface area contributed by atoms with Gasteiger partial charge in [-0.05, 0) is 37.8 Å². The zero-order chi connectivity index (χ0) is 20.1. The van der Waals surface area contributed by atoms with Gasteiger partial charge >= 0.3 is 0 Å². The van der Waals surface area contributed by atoms with Crippen molar-refractivity contribution in [3.63, 3.8) is 0 Å². The van der Waals surface area contributed by atoms with Gasteiger partial charge in [-0.3, -0.25) is 0 Å². The van der Waals surface area contributed by atoms with E-state index in [0.717, 1.165) is 60.2 Å². The molecule has 3 heterocycles. The Bertz CT molecular complexity index is 1030. The predicted molar refractivity (Wildman–Crippen MR) is 114 cm³/mol. The Labute approximate surface area is 174 Å². The largest absolute Gasteiger partial charge is 0.395 e. The molecular weight excluding hydrogens is 382 g/mol. The van der Waals surface area contributed by atoms with Gasteiger partial charge in [0.25, 0.3) is 0 Å². The van der Waals surface area contributed by atoms with Crippen molar-refractivity contribution in [1.29, 1.82) is 0 Å². The molecule has 0 saturated heterocycles. The van der Waals surface area contributed by atoms with Gasteiger partial charge in [-0.1, -0.05) is 24.3 Å². The molecule has 1 saturated carbocycles. The second kappa shape index (κ2) is 6.92. The monoisotopic (exact) mass is 407 g/mol. The molecule has 7 heteroatoms. The first-order valence-corrected chi connectivity index (χ1v) is 11.1. The molecule has 1 aliphatic heterocycles. The average molecular weight is 408 g/mol. The van der Waals surface area contributed by atoms with Gasteiger partial charge < -0.3 is 9.67 Å². The summed E-state index contributed by atoms with van der Waals surface area (Å²) in [6.07, 6.45) is 6.64. The van der Waals surface area contributed by atoms with Crippen LogP contribution in [0.15, 0.2) is 36.7 Å². The number of hydrogen-bond acceptors (Lipinski definition) is 6. The summed E-state index contributed by atoms with van der Waals surface area (Å²) in [5.41, 5.74) is 3.33. The van der Waals surface area contributed by atoms with Crippen LogP contribution in [-0.2, 0) is 18.4 Å². The third kappa shape index (κ3) is 3.26. The fourth-order valence-electron chi connectivity index (χ4n) is 4.17. The number of fused-ring (bicyclic) bond motifs is 1. The lowest BCUT2D eigenvalue weighted by atomic mass is 9.93. The van der Waals surface area contributed by atoms with Gasteiger partial charge in [0.1, 0.15) is 11.6 Å². The topological polar surface area (TPSA) is 76.7 Å². The first-order chi connectivity index (χ1) is 14.0. The van der Waals surface area contributed by atoms with Crippen LogP contribution in [0.4, 0.5) is 0 Å². The van der Waals surface area contributed by atoms with E-state index >= 15 is 0 Å². The Kier molecular flexibility index (Phi) is 4.47. The van der Waals surface area contributed by atoms with Crippen LogP contribution in [0.5, 0.6) is 0 Å². The molecule has 3 aromatic rings. The molecule has 0 spiro atoms. The van der Waals surface area contributed by atoms with Crippen molar-refractivity contribution in [1.82, 2.24) is 24.7 Å². The van der Waals surface area contributed by atoms with Crippen LogP contribution in [0.3, 0.4) is 0 Å². The van der Waals surface area contributed by atoms with Crippen LogP contribution >= 0.6 is 11.8 Å². The first-order valence-electron chi connectivity index (χ1n) is 10.1. The van der Waals surface area contributed by atoms with E-state index in [-0.39, 0.29) is 16.8 Å². The van der Waals surface area contributed by atoms with Crippen LogP contribution in [0, 0.1) is 6.92 Å². The molecule has 0 unspecified atom stereocenters. The third-order valence-electron chi connectivity index (χ3n) is 6.11. The number of aryl methyl sites for hydroxylation is 1. The molecular formula is C22H25N5OS. The number of thioether (sulfide) groups is 1. The van der Waals surface area contributed by atoms with Gasteiger partial charge in [0.2, 0.25) is 0 Å². The number of benzene rings is 1. The fraction of sp³-hybridized carbons (Fsp3) is 0.455. The van der Waals surface area contributed by atoms with E-state index in [0.29, 0.717) is 0 Å². The highest BCUT2D eigenvalue weighted by Gasteiger charge is 2.50. The minimum absolute atomic E-state index is 0.0392. The highest BCUT2D eigenvalue weighted by Crippen LogP contribution is 2.53. The summed E-state index contributed by atoms with van der Waals surface area (Å²) in [5.74, 6) is 3.80. The molecule has 2 aliphatic rings. The van der Waals surface area contributed by atoms with E-state index in [1.165, 1.54) is 5.56 Å². The lowest BCUT2D eigenvalue weighted by molar-refractivity contribution is 0.254. The summed E-state index contributed by atoms with van der Waals surface area (Å²) < 4.78 is 2.13. The van der Waals surface area contributed by atoms with Crippen LogP contribution < -0.4 is 0 Å². The normalized spacial score (nSPS) is 22.7. The summed E-state index contributed by atoms with van der Waals surface area (Å²) in [6, 6.07) is 8.60. The fourth-order valence-corrected chi connectivity index (χ4v) is 5.26. The van der Waals surface area contributed by atoms with E-state index in [1.807, 2.05) is 31.1 Å². The maximum atomic E-state index is 9.80. The molecule has 0 amide bonds. The summed E-state index contributed by atoms with van der Waals surface area (Å²) in [5, 5.41) is 19.0. The van der Waals surface area contributed by atoms with Gasteiger partial charge in [-0.15, -0.1) is 10.2 Å². The Morgan fingerprint density at radius 3 is 2.48 bits per heavy atom. The molecule has 1 N–H and O–H groups in total. The zero-order valence-corrected chi connectivity index (χ0v) is 17.6. The van der Waals surface area contributed by atoms with Crippen LogP contribution in [0.1, 0.15) is 42.5 Å². The quantitative estimate of drug-likeness (QED) is 0.716. The lowest BCUT2D eigenvalue weighted by Gasteiger charge is -2.23. The Morgan fingerprint density at radius 1 is 1.10 bits per heavy atom. The summed E-state index contributed by atoms with van der Waals surface area (Å²) in [7, 11) is 0. The first kappa shape index (κ1) is 18.8. The summed E-state index contributed by atoms with van der Waals surface area (Å²) in [6.45, 7) is 5.16. The van der Waals surface area contributed by atoms with Gasteiger partial charge in [-0.2, -0.15) is 11.8 Å². The highest BCUT2D eigenvalue weighted by atomic mass is 32.2. The van der Waals surface area contributed by atoms with E-state index in [9.17, 15) is 5.11 Å². The minimum atomic E-state index is -0.176. The van der Waals surface area contributed by atoms with Crippen LogP contribution in [0.25, 0.3) is 11.4 Å². The Morgan fingerprint density at radius 2 is 1.83 bits per heavy atom. The lowest BCUT2D eigenvalue weighted by Crippen LogP contribution is -2.28. The van der Waals surface area contributed by atoms with Crippen molar-refractivity contribution in [2.24, 2.45) is 0 Å². The van der Waals surface area contributed by atoms with Crippen molar-refractivity contribution in [2.45, 2.75) is 49.8 Å². The Hall–Kier alpha value is -2.25. The number of rotatable bonds is 4. The molecule has 0 bridgehead atoms. The van der Waals surface area contributed by atoms with E-state index < -0.39 is 0 Å². The molecule has 1 aliphatic carbocycles. The van der Waals surface area contributed by atoms with Crippen LogP contribution in [-0.4, -0.2) is 46.9 Å². The second-order valence-electron chi connectivity index (χ2n) is 8.47. The van der Waals surface area contributed by atoms with Crippen molar-refractivity contribution < 1.29 is 5.11 Å². The molecule has 1 atom stereocenters. The molecule has 0 radical (unpaired) electrons. The third-order valence-corrected chi connectivity index (χ3v) is 7.47. The molecule has 5 rings (SSSR count). The zero-order valence-electron chi connectivity index (χ0n) is 16.8. The predicted octanol–water partition coefficient (Wildman–Crippen LogP) is 3.16. The Balaban J connectivity index is 1.46. The van der Waals surface area contributed by atoms with E-state index in [4.69, 9.17) is 0 Å². The van der Waals surface area contributed by atoms with Crippen molar-refractivity contribution in [3.8, 4) is 11.4 Å². The summed E-state index contributed by atoms with van der Waals surface area (Å²) >= 11 is 1.83. The molecule has 6 nitrogen and oxygen atoms in total. The number of nitrogens with zero attached hydrogens (tertiary/aromatic N) is 5. The van der Waals surface area contributed by atoms with Crippen molar-refractivity contribution in [3.05, 3.63) is 59.4 Å². The molecule has 29 heavy (non-hydrogen) atoms. The average Bonchev–Trinajstić information content (AvgIpc) is 3.49. The maximum Gasteiger partial charge on any atom is 0.159 e. The SMILES string of the molecule is Cc1cnc(-c2ccc(C3(c4nnc5n4CCS[C@](C)(CO)C5)CC3)cc2)nc1. The van der Waals surface area contributed by atoms with E-state index in [2.05, 4.69) is 55.9 Å². The molecule has 2 aromatic heterocycles. The standard InChI is InChI=1S/C22H25N5OS/c1-15-12-23-19(24-13-15)16-3-5-17(6-4-16)22(7-8-22)20-26-25-18-11-21(2,14-28)29-10-9-27(18)20/h3-6,12-13,28H,7-11,14H2,1-2H3/t21-/m0/s1. The summed E-state index contributed by atoms with van der Waals surface area (Å²) in [4.78, 5) is 8.87. The molecule has 150 valence electrons. The van der Waals surface area contributed by atoms with E-state index in [1.54, 1.807) is 0 Å². The maximum absolute atomic E-state index is 9.80. The number of hydrogen-bond donors (Lipinski definition) is 1. The minimum Gasteiger partial charge on any atom is -0.395 e. The smallest absolute Gasteiger partial charge is 0.159 e. The highest BCUT2D eigenvalue weighted by molar-refractivity contribution is 8.00. The van der Waals surface area contributed by atoms with Gasteiger partial charge in [-0.25, -0.2) is 9.97 Å².